The number of ether oxygens (including phenoxy) is 1. The van der Waals surface area contributed by atoms with Crippen molar-refractivity contribution < 1.29 is 45.8 Å². The number of amides is 1. The summed E-state index contributed by atoms with van der Waals surface area (Å²) in [6.07, 6.45) is -6.32. The predicted octanol–water partition coefficient (Wildman–Crippen LogP) is 7.99. The molecule has 268 valence electrons. The van der Waals surface area contributed by atoms with Crippen LogP contribution in [0.5, 0.6) is 5.75 Å². The minimum atomic E-state index is -5.08. The molecule has 0 aliphatic heterocycles. The maximum Gasteiger partial charge on any atom is 0.490 e. The molecule has 1 N–H and O–H groups in total. The summed E-state index contributed by atoms with van der Waals surface area (Å²) in [6.45, 7) is 0.468. The van der Waals surface area contributed by atoms with E-state index in [-0.39, 0.29) is 30.4 Å². The first-order valence-electron chi connectivity index (χ1n) is 14.7. The number of para-hydroxylation sites is 1. The Morgan fingerprint density at radius 2 is 1.59 bits per heavy atom. The van der Waals surface area contributed by atoms with Crippen LogP contribution in [0.3, 0.4) is 0 Å². The van der Waals surface area contributed by atoms with E-state index < -0.39 is 36.5 Å². The maximum atomic E-state index is 13.9. The molecule has 2 heterocycles. The van der Waals surface area contributed by atoms with E-state index in [9.17, 15) is 35.9 Å². The third-order valence-corrected chi connectivity index (χ3v) is 7.86. The van der Waals surface area contributed by atoms with Gasteiger partial charge in [0.1, 0.15) is 11.6 Å². The highest BCUT2D eigenvalue weighted by atomic mass is 35.5. The summed E-state index contributed by atoms with van der Waals surface area (Å²) < 4.78 is 76.0. The highest BCUT2D eigenvalue weighted by Gasteiger charge is 2.38. The summed E-state index contributed by atoms with van der Waals surface area (Å²) in [5, 5.41) is 8.14. The smallest absolute Gasteiger partial charge is 0.484 e. The Morgan fingerprint density at radius 1 is 0.922 bits per heavy atom. The second-order valence-electron chi connectivity index (χ2n) is 10.8. The van der Waals surface area contributed by atoms with E-state index in [1.807, 2.05) is 6.07 Å². The van der Waals surface area contributed by atoms with Gasteiger partial charge in [-0.2, -0.15) is 26.3 Å². The van der Waals surface area contributed by atoms with Crippen molar-refractivity contribution >= 4 is 46.0 Å². The Morgan fingerprint density at radius 3 is 2.18 bits per heavy atom. The molecule has 0 saturated carbocycles. The largest absolute Gasteiger partial charge is 0.490 e. The lowest BCUT2D eigenvalue weighted by Crippen LogP contribution is -2.38. The zero-order chi connectivity index (χ0) is 37.5. The van der Waals surface area contributed by atoms with Crippen molar-refractivity contribution in [3.05, 3.63) is 129 Å². The number of rotatable bonds is 9. The van der Waals surface area contributed by atoms with E-state index in [1.54, 1.807) is 72.7 Å². The maximum absolute atomic E-state index is 13.9. The van der Waals surface area contributed by atoms with Gasteiger partial charge in [0.05, 0.1) is 39.1 Å². The molecule has 3 aromatic carbocycles. The molecule has 0 unspecified atom stereocenters. The molecule has 0 aliphatic rings. The fourth-order valence-corrected chi connectivity index (χ4v) is 5.05. The third kappa shape index (κ3) is 10.4. The van der Waals surface area contributed by atoms with Crippen molar-refractivity contribution in [2.75, 3.05) is 6.61 Å². The fourth-order valence-electron chi connectivity index (χ4n) is 4.73. The molecule has 5 aromatic rings. The van der Waals surface area contributed by atoms with Crippen LogP contribution in [0.1, 0.15) is 29.9 Å². The lowest BCUT2D eigenvalue weighted by molar-refractivity contribution is -0.192. The monoisotopic (exact) mass is 754 g/mol. The van der Waals surface area contributed by atoms with Crippen LogP contribution in [0.25, 0.3) is 16.6 Å². The van der Waals surface area contributed by atoms with Gasteiger partial charge in [-0.25, -0.2) is 9.78 Å². The number of pyridine rings is 1. The minimum Gasteiger partial charge on any atom is -0.484 e. The van der Waals surface area contributed by atoms with Crippen LogP contribution in [-0.4, -0.2) is 55.4 Å². The van der Waals surface area contributed by atoms with Gasteiger partial charge < -0.3 is 14.7 Å². The number of aromatic nitrogens is 3. The minimum absolute atomic E-state index is 0.00938. The van der Waals surface area contributed by atoms with Crippen molar-refractivity contribution in [1.82, 2.24) is 19.4 Å². The number of benzene rings is 3. The molecule has 0 fully saturated rings. The van der Waals surface area contributed by atoms with E-state index in [1.165, 1.54) is 28.8 Å². The van der Waals surface area contributed by atoms with Gasteiger partial charge in [-0.05, 0) is 72.6 Å². The summed E-state index contributed by atoms with van der Waals surface area (Å²) in [4.78, 5) is 47.3. The summed E-state index contributed by atoms with van der Waals surface area (Å²) in [5.74, 6) is -2.79. The Bertz CT molecular complexity index is 2060. The molecule has 51 heavy (non-hydrogen) atoms. The van der Waals surface area contributed by atoms with Crippen molar-refractivity contribution in [2.45, 2.75) is 38.3 Å². The van der Waals surface area contributed by atoms with Crippen molar-refractivity contribution in [3.8, 4) is 11.4 Å². The molecule has 0 aliphatic carbocycles. The number of carbonyl (C=O) groups excluding carboxylic acids is 1. The number of halogens is 8. The topological polar surface area (TPSA) is 115 Å². The van der Waals surface area contributed by atoms with E-state index in [2.05, 4.69) is 4.98 Å². The van der Waals surface area contributed by atoms with Gasteiger partial charge in [0.2, 0.25) is 5.91 Å². The number of hydrogen-bond donors (Lipinski definition) is 1. The van der Waals surface area contributed by atoms with Gasteiger partial charge in [-0.3, -0.25) is 19.1 Å². The van der Waals surface area contributed by atoms with Gasteiger partial charge in [0.15, 0.2) is 6.61 Å². The highest BCUT2D eigenvalue weighted by molar-refractivity contribution is 6.42. The SMILES string of the molecule is C[C@H](c1nc2ccccc2c(=O)n1-c1ccc(OCC(F)(F)F)cc1)N(Cc1cccnc1)C(=O)Cc1ccc(Cl)c(Cl)c1.O=C(O)C(F)(F)F. The lowest BCUT2D eigenvalue weighted by Gasteiger charge is -2.31. The first kappa shape index (κ1) is 38.6. The van der Waals surface area contributed by atoms with Crippen LogP contribution in [0, 0.1) is 0 Å². The standard InChI is InChI=1S/C32H25Cl2F3N4O3.C2HF3O2/c1-20(40(18-22-5-4-14-38-17-22)29(42)16-21-8-13-26(33)27(34)15-21)30-39-28-7-3-2-6-25(28)31(43)41(30)23-9-11-24(12-10-23)44-19-32(35,36)37;3-2(4,5)1(6)7/h2-15,17,20H,16,18-19H2,1H3;(H,6,7)/t20-;/m1./s1. The van der Waals surface area contributed by atoms with E-state index in [0.29, 0.717) is 32.2 Å². The number of alkyl halides is 6. The molecule has 2 aromatic heterocycles. The molecule has 0 saturated heterocycles. The number of fused-ring (bicyclic) bond motifs is 1. The molecule has 5 rings (SSSR count). The average Bonchev–Trinajstić information content (AvgIpc) is 3.08. The summed E-state index contributed by atoms with van der Waals surface area (Å²) in [7, 11) is 0. The van der Waals surface area contributed by atoms with Crippen LogP contribution in [0.4, 0.5) is 26.3 Å². The van der Waals surface area contributed by atoms with E-state index >= 15 is 0 Å². The molecule has 1 atom stereocenters. The van der Waals surface area contributed by atoms with Crippen molar-refractivity contribution in [1.29, 1.82) is 0 Å². The number of aliphatic carboxylic acids is 1. The number of carboxylic acids is 1. The Labute approximate surface area is 295 Å². The highest BCUT2D eigenvalue weighted by Crippen LogP contribution is 2.28. The Balaban J connectivity index is 0.000000755. The van der Waals surface area contributed by atoms with Crippen LogP contribution in [0.15, 0.2) is 96.1 Å². The van der Waals surface area contributed by atoms with Gasteiger partial charge in [0.25, 0.3) is 5.56 Å². The second kappa shape index (κ2) is 16.2. The molecular weight excluding hydrogens is 729 g/mol. The molecule has 0 radical (unpaired) electrons. The molecule has 0 spiro atoms. The zero-order valence-electron chi connectivity index (χ0n) is 26.3. The lowest BCUT2D eigenvalue weighted by atomic mass is 10.1. The van der Waals surface area contributed by atoms with Crippen LogP contribution >= 0.6 is 23.2 Å². The first-order valence-corrected chi connectivity index (χ1v) is 15.4. The predicted molar refractivity (Wildman–Crippen MR) is 176 cm³/mol. The van der Waals surface area contributed by atoms with Crippen LogP contribution < -0.4 is 10.3 Å². The quantitative estimate of drug-likeness (QED) is 0.152. The van der Waals surface area contributed by atoms with Crippen molar-refractivity contribution in [2.24, 2.45) is 0 Å². The number of hydrogen-bond acceptors (Lipinski definition) is 6. The van der Waals surface area contributed by atoms with Gasteiger partial charge in [-0.1, -0.05) is 47.5 Å². The number of carbonyl (C=O) groups is 2. The average molecular weight is 755 g/mol. The molecule has 17 heteroatoms. The Kier molecular flexibility index (Phi) is 12.3. The Hall–Kier alpha value is -5.15. The third-order valence-electron chi connectivity index (χ3n) is 7.12. The van der Waals surface area contributed by atoms with Crippen LogP contribution in [0.2, 0.25) is 10.0 Å². The summed E-state index contributed by atoms with van der Waals surface area (Å²) >= 11 is 12.3. The molecule has 0 bridgehead atoms. The van der Waals surface area contributed by atoms with Gasteiger partial charge >= 0.3 is 18.3 Å². The van der Waals surface area contributed by atoms with Gasteiger partial charge in [0, 0.05) is 18.9 Å². The molecule has 1 amide bonds. The summed E-state index contributed by atoms with van der Waals surface area (Å²) in [6, 6.07) is 20.3. The number of carboxylic acid groups (broad SMARTS) is 1. The zero-order valence-corrected chi connectivity index (χ0v) is 27.8. The molecule has 9 nitrogen and oxygen atoms in total. The van der Waals surface area contributed by atoms with Crippen LogP contribution in [-0.2, 0) is 22.6 Å². The van der Waals surface area contributed by atoms with E-state index in [4.69, 9.17) is 42.8 Å². The second-order valence-corrected chi connectivity index (χ2v) is 11.6. The number of nitrogens with zero attached hydrogens (tertiary/aromatic N) is 4. The van der Waals surface area contributed by atoms with E-state index in [0.717, 1.165) is 5.56 Å². The van der Waals surface area contributed by atoms with Gasteiger partial charge in [-0.15, -0.1) is 0 Å². The normalized spacial score (nSPS) is 12.1. The van der Waals surface area contributed by atoms with Crippen molar-refractivity contribution in [3.63, 3.8) is 0 Å². The summed E-state index contributed by atoms with van der Waals surface area (Å²) in [5.41, 5.74) is 1.76. The first-order chi connectivity index (χ1) is 23.9. The molecular formula is C34H26Cl2F6N4O5. The fraction of sp³-hybridized carbons (Fsp3) is 0.206.